The Balaban J connectivity index is 1.59. The third kappa shape index (κ3) is 3.83. The molecule has 6 nitrogen and oxygen atoms in total. The summed E-state index contributed by atoms with van der Waals surface area (Å²) in [5.74, 6) is 2.08. The largest absolute Gasteiger partial charge is 0.497 e. The molecule has 1 atom stereocenters. The monoisotopic (exact) mass is 421 g/mol. The zero-order valence-corrected chi connectivity index (χ0v) is 17.8. The molecule has 154 valence electrons. The number of nitriles is 1. The van der Waals surface area contributed by atoms with E-state index in [0.717, 1.165) is 27.8 Å². The fourth-order valence-electron chi connectivity index (χ4n) is 3.77. The Morgan fingerprint density at radius 3 is 2.47 bits per heavy atom. The molecule has 0 aliphatic carbocycles. The topological polar surface area (TPSA) is 65.8 Å². The third-order valence-corrected chi connectivity index (χ3v) is 6.48. The lowest BCUT2D eigenvalue weighted by atomic mass is 9.86. The van der Waals surface area contributed by atoms with Crippen LogP contribution < -0.4 is 14.4 Å². The van der Waals surface area contributed by atoms with E-state index in [2.05, 4.69) is 11.0 Å². The van der Waals surface area contributed by atoms with Gasteiger partial charge in [0.05, 0.1) is 42.9 Å². The Morgan fingerprint density at radius 2 is 1.83 bits per heavy atom. The van der Waals surface area contributed by atoms with Crippen LogP contribution in [-0.2, 0) is 4.79 Å². The average Bonchev–Trinajstić information content (AvgIpc) is 2.79. The smallest absolute Gasteiger partial charge is 0.229 e. The summed E-state index contributed by atoms with van der Waals surface area (Å²) in [6, 6.07) is 17.9. The van der Waals surface area contributed by atoms with E-state index in [1.807, 2.05) is 55.5 Å². The number of benzene rings is 2. The molecule has 0 spiro atoms. The second kappa shape index (κ2) is 8.72. The fraction of sp³-hybridized carbons (Fsp3) is 0.304. The first-order valence-electron chi connectivity index (χ1n) is 9.83. The molecule has 1 saturated heterocycles. The molecule has 2 aromatic carbocycles. The summed E-state index contributed by atoms with van der Waals surface area (Å²) in [6.07, 6.45) is 0.289. The number of nitrogens with zero attached hydrogens (tertiary/aromatic N) is 3. The molecular formula is C23H23N3O3S. The van der Waals surface area contributed by atoms with Crippen molar-refractivity contribution in [3.05, 3.63) is 64.7 Å². The zero-order chi connectivity index (χ0) is 21.1. The number of hydrogen-bond donors (Lipinski definition) is 0. The van der Waals surface area contributed by atoms with Gasteiger partial charge in [0.1, 0.15) is 11.5 Å². The highest BCUT2D eigenvalue weighted by Crippen LogP contribution is 2.43. The van der Waals surface area contributed by atoms with Gasteiger partial charge in [0, 0.05) is 18.0 Å². The van der Waals surface area contributed by atoms with E-state index >= 15 is 0 Å². The van der Waals surface area contributed by atoms with E-state index in [0.29, 0.717) is 24.7 Å². The molecule has 0 bridgehead atoms. The number of anilines is 1. The van der Waals surface area contributed by atoms with Gasteiger partial charge in [-0.15, -0.1) is 0 Å². The van der Waals surface area contributed by atoms with Crippen LogP contribution in [0.4, 0.5) is 5.69 Å². The normalized spacial score (nSPS) is 18.7. The molecule has 7 heteroatoms. The van der Waals surface area contributed by atoms with Crippen LogP contribution >= 0.6 is 11.8 Å². The summed E-state index contributed by atoms with van der Waals surface area (Å²) < 4.78 is 10.7. The van der Waals surface area contributed by atoms with E-state index < -0.39 is 0 Å². The van der Waals surface area contributed by atoms with E-state index in [4.69, 9.17) is 9.47 Å². The predicted molar refractivity (Wildman–Crippen MR) is 117 cm³/mol. The predicted octanol–water partition coefficient (Wildman–Crippen LogP) is 4.31. The first-order chi connectivity index (χ1) is 14.6. The molecule has 0 unspecified atom stereocenters. The number of fused-ring (bicyclic) bond motifs is 1. The number of allylic oxidation sites excluding steroid dienone is 1. The van der Waals surface area contributed by atoms with Crippen molar-refractivity contribution in [3.63, 3.8) is 0 Å². The van der Waals surface area contributed by atoms with Gasteiger partial charge in [-0.2, -0.15) is 5.26 Å². The molecule has 0 N–H and O–H groups in total. The summed E-state index contributed by atoms with van der Waals surface area (Å²) >= 11 is 1.54. The maximum Gasteiger partial charge on any atom is 0.229 e. The highest BCUT2D eigenvalue weighted by atomic mass is 32.2. The molecule has 1 fully saturated rings. The maximum atomic E-state index is 13.0. The van der Waals surface area contributed by atoms with Gasteiger partial charge >= 0.3 is 0 Å². The van der Waals surface area contributed by atoms with E-state index in [1.165, 1.54) is 11.8 Å². The van der Waals surface area contributed by atoms with Crippen LogP contribution in [0, 0.1) is 11.3 Å². The Morgan fingerprint density at radius 1 is 1.13 bits per heavy atom. The summed E-state index contributed by atoms with van der Waals surface area (Å²) in [5.41, 5.74) is 2.65. The fourth-order valence-corrected chi connectivity index (χ4v) is 4.93. The number of carbonyl (C=O) groups excluding carboxylic acids is 1. The van der Waals surface area contributed by atoms with Crippen molar-refractivity contribution < 1.29 is 14.3 Å². The van der Waals surface area contributed by atoms with Crippen LogP contribution in [0.3, 0.4) is 0 Å². The SMILES string of the molecule is CCOc1ccc([C@H]2CC(=O)N3CN(c4ccc(OC)cc4)CSC3=C2C#N)cc1. The summed E-state index contributed by atoms with van der Waals surface area (Å²) in [7, 11) is 1.64. The lowest BCUT2D eigenvalue weighted by Crippen LogP contribution is -2.47. The Bertz CT molecular complexity index is 996. The van der Waals surface area contributed by atoms with Gasteiger partial charge in [-0.1, -0.05) is 23.9 Å². The van der Waals surface area contributed by atoms with Crippen molar-refractivity contribution in [3.8, 4) is 17.6 Å². The third-order valence-electron chi connectivity index (χ3n) is 5.32. The van der Waals surface area contributed by atoms with Crippen LogP contribution in [-0.4, -0.2) is 37.1 Å². The Kier molecular flexibility index (Phi) is 5.86. The molecule has 30 heavy (non-hydrogen) atoms. The molecule has 2 heterocycles. The minimum atomic E-state index is -0.218. The van der Waals surface area contributed by atoms with Gasteiger partial charge in [-0.25, -0.2) is 0 Å². The molecule has 2 aliphatic rings. The number of ether oxygens (including phenoxy) is 2. The quantitative estimate of drug-likeness (QED) is 0.717. The number of carbonyl (C=O) groups is 1. The minimum Gasteiger partial charge on any atom is -0.497 e. The minimum absolute atomic E-state index is 0.0357. The van der Waals surface area contributed by atoms with Crippen molar-refractivity contribution in [2.24, 2.45) is 0 Å². The van der Waals surface area contributed by atoms with Gasteiger partial charge < -0.3 is 14.4 Å². The van der Waals surface area contributed by atoms with E-state index in [1.54, 1.807) is 12.0 Å². The zero-order valence-electron chi connectivity index (χ0n) is 17.0. The summed E-state index contributed by atoms with van der Waals surface area (Å²) in [6.45, 7) is 2.98. The van der Waals surface area contributed by atoms with E-state index in [-0.39, 0.29) is 18.2 Å². The maximum absolute atomic E-state index is 13.0. The van der Waals surface area contributed by atoms with Crippen molar-refractivity contribution in [2.45, 2.75) is 19.3 Å². The standard InChI is InChI=1S/C23H23N3O3S/c1-3-29-19-8-4-16(5-9-19)20-12-22(27)26-14-25(15-30-23(26)21(20)13-24)17-6-10-18(28-2)11-7-17/h4-11,20H,3,12,14-15H2,1-2H3/t20-/m1/s1. The number of thioether (sulfide) groups is 1. The van der Waals surface area contributed by atoms with Crippen molar-refractivity contribution in [1.82, 2.24) is 4.90 Å². The van der Waals surface area contributed by atoms with Crippen LogP contribution in [0.1, 0.15) is 24.8 Å². The molecule has 0 saturated carbocycles. The molecule has 0 radical (unpaired) electrons. The first-order valence-corrected chi connectivity index (χ1v) is 10.8. The van der Waals surface area contributed by atoms with Crippen molar-refractivity contribution >= 4 is 23.4 Å². The molecule has 4 rings (SSSR count). The highest BCUT2D eigenvalue weighted by Gasteiger charge is 2.38. The van der Waals surface area contributed by atoms with Gasteiger partial charge in [0.15, 0.2) is 0 Å². The summed E-state index contributed by atoms with van der Waals surface area (Å²) in [5, 5.41) is 10.7. The van der Waals surface area contributed by atoms with Gasteiger partial charge in [-0.05, 0) is 48.9 Å². The van der Waals surface area contributed by atoms with Crippen molar-refractivity contribution in [2.75, 3.05) is 31.2 Å². The molecule has 0 aromatic heterocycles. The lowest BCUT2D eigenvalue weighted by molar-refractivity contribution is -0.129. The molecular weight excluding hydrogens is 398 g/mol. The van der Waals surface area contributed by atoms with Gasteiger partial charge in [-0.3, -0.25) is 9.69 Å². The van der Waals surface area contributed by atoms with Gasteiger partial charge in [0.25, 0.3) is 0 Å². The van der Waals surface area contributed by atoms with Crippen LogP contribution in [0.5, 0.6) is 11.5 Å². The van der Waals surface area contributed by atoms with Crippen molar-refractivity contribution in [1.29, 1.82) is 5.26 Å². The highest BCUT2D eigenvalue weighted by molar-refractivity contribution is 8.03. The average molecular weight is 422 g/mol. The lowest BCUT2D eigenvalue weighted by Gasteiger charge is -2.42. The Hall–Kier alpha value is -3.11. The number of amides is 1. The van der Waals surface area contributed by atoms with Crippen LogP contribution in [0.25, 0.3) is 0 Å². The molecule has 1 amide bonds. The Labute approximate surface area is 180 Å². The number of hydrogen-bond acceptors (Lipinski definition) is 6. The number of rotatable bonds is 5. The number of methoxy groups -OCH3 is 1. The second-order valence-corrected chi connectivity index (χ2v) is 8.00. The van der Waals surface area contributed by atoms with Gasteiger partial charge in [0.2, 0.25) is 5.91 Å². The van der Waals surface area contributed by atoms with Crippen LogP contribution in [0.2, 0.25) is 0 Å². The molecule has 2 aromatic rings. The second-order valence-electron chi connectivity index (χ2n) is 7.06. The first kappa shape index (κ1) is 20.2. The van der Waals surface area contributed by atoms with E-state index in [9.17, 15) is 10.1 Å². The van der Waals surface area contributed by atoms with Crippen LogP contribution in [0.15, 0.2) is 59.1 Å². The molecule has 2 aliphatic heterocycles. The summed E-state index contributed by atoms with van der Waals surface area (Å²) in [4.78, 5) is 16.9.